The van der Waals surface area contributed by atoms with Gasteiger partial charge in [-0.05, 0) is 18.6 Å². The lowest BCUT2D eigenvalue weighted by molar-refractivity contribution is -0.132. The second-order valence-corrected chi connectivity index (χ2v) is 6.68. The number of rotatable bonds is 4. The third kappa shape index (κ3) is 4.20. The van der Waals surface area contributed by atoms with Crippen molar-refractivity contribution in [1.82, 2.24) is 34.8 Å². The first-order valence-electron chi connectivity index (χ1n) is 9.04. The Bertz CT molecular complexity index is 890. The van der Waals surface area contributed by atoms with Crippen molar-refractivity contribution >= 4 is 22.9 Å². The number of anilines is 1. The molecule has 1 aromatic carbocycles. The summed E-state index contributed by atoms with van der Waals surface area (Å²) in [6.45, 7) is 4.10. The van der Waals surface area contributed by atoms with E-state index in [4.69, 9.17) is 5.73 Å². The van der Waals surface area contributed by atoms with E-state index in [-0.39, 0.29) is 18.4 Å². The molecule has 1 aliphatic rings. The molecule has 0 bridgehead atoms. The van der Waals surface area contributed by atoms with E-state index in [0.29, 0.717) is 6.54 Å². The number of amides is 1. The number of hydrogen-bond donors (Lipinski definition) is 1. The molecule has 140 valence electrons. The van der Waals surface area contributed by atoms with Crippen molar-refractivity contribution in [3.05, 3.63) is 42.2 Å². The van der Waals surface area contributed by atoms with Gasteiger partial charge in [0, 0.05) is 50.7 Å². The van der Waals surface area contributed by atoms with E-state index in [1.807, 2.05) is 29.2 Å². The summed E-state index contributed by atoms with van der Waals surface area (Å²) in [6, 6.07) is 7.62. The van der Waals surface area contributed by atoms with Gasteiger partial charge in [0.1, 0.15) is 17.6 Å². The molecule has 3 heterocycles. The van der Waals surface area contributed by atoms with Gasteiger partial charge in [0.15, 0.2) is 0 Å². The first kappa shape index (κ1) is 17.3. The molecule has 1 fully saturated rings. The van der Waals surface area contributed by atoms with E-state index in [1.165, 1.54) is 4.80 Å². The molecule has 3 aromatic rings. The van der Waals surface area contributed by atoms with Crippen LogP contribution in [0.3, 0.4) is 0 Å². The summed E-state index contributed by atoms with van der Waals surface area (Å²) >= 11 is 0. The van der Waals surface area contributed by atoms with Crippen LogP contribution in [0.4, 0.5) is 5.95 Å². The number of carbonyl (C=O) groups is 1. The number of carbonyl (C=O) groups excluding carboxylic acids is 1. The molecule has 0 saturated carbocycles. The minimum Gasteiger partial charge on any atom is -0.368 e. The lowest BCUT2D eigenvalue weighted by atomic mass is 10.3. The van der Waals surface area contributed by atoms with Gasteiger partial charge >= 0.3 is 0 Å². The minimum absolute atomic E-state index is 0.0491. The summed E-state index contributed by atoms with van der Waals surface area (Å²) in [6.07, 6.45) is 4.43. The summed E-state index contributed by atoms with van der Waals surface area (Å²) in [5, 5.41) is 8.74. The molecule has 4 rings (SSSR count). The highest BCUT2D eigenvalue weighted by molar-refractivity contribution is 5.77. The summed E-state index contributed by atoms with van der Waals surface area (Å²) in [4.78, 5) is 26.4. The second kappa shape index (κ2) is 7.67. The SMILES string of the molecule is Nc1ncc(CN2CCCN(C(=O)Cn3nc4ccccc4n3)CC2)cn1. The fourth-order valence-corrected chi connectivity index (χ4v) is 3.28. The van der Waals surface area contributed by atoms with Gasteiger partial charge in [0.05, 0.1) is 0 Å². The van der Waals surface area contributed by atoms with E-state index >= 15 is 0 Å². The topological polar surface area (TPSA) is 106 Å². The Balaban J connectivity index is 1.34. The lowest BCUT2D eigenvalue weighted by Crippen LogP contribution is -2.37. The van der Waals surface area contributed by atoms with Gasteiger partial charge in [-0.15, -0.1) is 0 Å². The van der Waals surface area contributed by atoms with Crippen LogP contribution in [0.2, 0.25) is 0 Å². The van der Waals surface area contributed by atoms with E-state index in [2.05, 4.69) is 25.1 Å². The Morgan fingerprint density at radius 1 is 1.00 bits per heavy atom. The van der Waals surface area contributed by atoms with Crippen LogP contribution in [0.15, 0.2) is 36.7 Å². The Kier molecular flexibility index (Phi) is 4.93. The van der Waals surface area contributed by atoms with Crippen molar-refractivity contribution in [3.8, 4) is 0 Å². The Labute approximate surface area is 156 Å². The van der Waals surface area contributed by atoms with Crippen LogP contribution >= 0.6 is 0 Å². The molecule has 2 aromatic heterocycles. The van der Waals surface area contributed by atoms with Crippen molar-refractivity contribution < 1.29 is 4.79 Å². The molecular formula is C18H22N8O. The number of nitrogens with zero attached hydrogens (tertiary/aromatic N) is 7. The van der Waals surface area contributed by atoms with Gasteiger partial charge < -0.3 is 10.6 Å². The number of hydrogen-bond acceptors (Lipinski definition) is 7. The molecule has 27 heavy (non-hydrogen) atoms. The van der Waals surface area contributed by atoms with Gasteiger partial charge in [0.25, 0.3) is 0 Å². The zero-order valence-corrected chi connectivity index (χ0v) is 15.0. The summed E-state index contributed by atoms with van der Waals surface area (Å²) in [7, 11) is 0. The highest BCUT2D eigenvalue weighted by Crippen LogP contribution is 2.10. The lowest BCUT2D eigenvalue weighted by Gasteiger charge is -2.21. The molecule has 0 aliphatic carbocycles. The molecule has 0 spiro atoms. The van der Waals surface area contributed by atoms with Gasteiger partial charge in [-0.3, -0.25) is 9.69 Å². The van der Waals surface area contributed by atoms with Crippen LogP contribution in [0.5, 0.6) is 0 Å². The number of aromatic nitrogens is 5. The zero-order chi connectivity index (χ0) is 18.6. The maximum absolute atomic E-state index is 12.7. The summed E-state index contributed by atoms with van der Waals surface area (Å²) in [5.74, 6) is 0.333. The van der Waals surface area contributed by atoms with Gasteiger partial charge in [0.2, 0.25) is 11.9 Å². The van der Waals surface area contributed by atoms with E-state index in [9.17, 15) is 4.79 Å². The molecule has 1 aliphatic heterocycles. The van der Waals surface area contributed by atoms with E-state index in [1.54, 1.807) is 12.4 Å². The number of benzene rings is 1. The van der Waals surface area contributed by atoms with Gasteiger partial charge in [-0.25, -0.2) is 9.97 Å². The highest BCUT2D eigenvalue weighted by atomic mass is 16.2. The predicted octanol–water partition coefficient (Wildman–Crippen LogP) is 0.538. The fourth-order valence-electron chi connectivity index (χ4n) is 3.28. The monoisotopic (exact) mass is 366 g/mol. The molecule has 2 N–H and O–H groups in total. The molecule has 1 saturated heterocycles. The summed E-state index contributed by atoms with van der Waals surface area (Å²) < 4.78 is 0. The fraction of sp³-hybridized carbons (Fsp3) is 0.389. The maximum atomic E-state index is 12.7. The van der Waals surface area contributed by atoms with Crippen LogP contribution < -0.4 is 5.73 Å². The summed E-state index contributed by atoms with van der Waals surface area (Å²) in [5.41, 5.74) is 8.16. The first-order valence-corrected chi connectivity index (χ1v) is 9.04. The molecule has 9 nitrogen and oxygen atoms in total. The normalized spacial score (nSPS) is 15.8. The van der Waals surface area contributed by atoms with Crippen LogP contribution in [0, 0.1) is 0 Å². The van der Waals surface area contributed by atoms with Gasteiger partial charge in [-0.2, -0.15) is 15.0 Å². The quantitative estimate of drug-likeness (QED) is 0.718. The third-order valence-electron chi connectivity index (χ3n) is 4.68. The maximum Gasteiger partial charge on any atom is 0.246 e. The smallest absolute Gasteiger partial charge is 0.246 e. The molecule has 0 unspecified atom stereocenters. The minimum atomic E-state index is 0.0491. The van der Waals surface area contributed by atoms with Crippen molar-refractivity contribution in [2.24, 2.45) is 0 Å². The average Bonchev–Trinajstić information content (AvgIpc) is 2.93. The van der Waals surface area contributed by atoms with Crippen molar-refractivity contribution in [2.75, 3.05) is 31.9 Å². The molecular weight excluding hydrogens is 344 g/mol. The third-order valence-corrected chi connectivity index (χ3v) is 4.68. The van der Waals surface area contributed by atoms with Crippen LogP contribution in [-0.2, 0) is 17.9 Å². The van der Waals surface area contributed by atoms with Crippen molar-refractivity contribution in [3.63, 3.8) is 0 Å². The number of fused-ring (bicyclic) bond motifs is 1. The molecule has 1 amide bonds. The molecule has 0 radical (unpaired) electrons. The highest BCUT2D eigenvalue weighted by Gasteiger charge is 2.20. The van der Waals surface area contributed by atoms with Crippen LogP contribution in [0.25, 0.3) is 11.0 Å². The Hall–Kier alpha value is -3.07. The first-order chi connectivity index (χ1) is 13.2. The average molecular weight is 366 g/mol. The largest absolute Gasteiger partial charge is 0.368 e. The standard InChI is InChI=1S/C18H22N8O/c19-18-20-10-14(11-21-18)12-24-6-3-7-25(9-8-24)17(27)13-26-22-15-4-1-2-5-16(15)23-26/h1-2,4-5,10-11H,3,6-9,12-13H2,(H2,19,20,21). The van der Waals surface area contributed by atoms with Crippen LogP contribution in [0.1, 0.15) is 12.0 Å². The van der Waals surface area contributed by atoms with E-state index in [0.717, 1.165) is 49.2 Å². The van der Waals surface area contributed by atoms with Crippen LogP contribution in [-0.4, -0.2) is 66.8 Å². The van der Waals surface area contributed by atoms with Crippen molar-refractivity contribution in [2.45, 2.75) is 19.5 Å². The molecule has 9 heteroatoms. The zero-order valence-electron chi connectivity index (χ0n) is 15.0. The number of nitrogen functional groups attached to an aromatic ring is 1. The Morgan fingerprint density at radius 3 is 2.41 bits per heavy atom. The second-order valence-electron chi connectivity index (χ2n) is 6.68. The van der Waals surface area contributed by atoms with Gasteiger partial charge in [-0.1, -0.05) is 12.1 Å². The van der Waals surface area contributed by atoms with Crippen molar-refractivity contribution in [1.29, 1.82) is 0 Å². The van der Waals surface area contributed by atoms with E-state index < -0.39 is 0 Å². The molecule has 0 atom stereocenters. The number of nitrogens with two attached hydrogens (primary N) is 1. The Morgan fingerprint density at radius 2 is 1.70 bits per heavy atom. The predicted molar refractivity (Wildman–Crippen MR) is 100 cm³/mol.